The molecule has 0 radical (unpaired) electrons. The molecule has 0 aliphatic rings. The van der Waals surface area contributed by atoms with Gasteiger partial charge in [-0.1, -0.05) is 44.2 Å². The lowest BCUT2D eigenvalue weighted by Crippen LogP contribution is -2.30. The lowest BCUT2D eigenvalue weighted by Gasteiger charge is -2.09. The van der Waals surface area contributed by atoms with Gasteiger partial charge in [-0.2, -0.15) is 0 Å². The Labute approximate surface area is 153 Å². The van der Waals surface area contributed by atoms with Crippen molar-refractivity contribution in [3.63, 3.8) is 0 Å². The van der Waals surface area contributed by atoms with Crippen LogP contribution in [0.1, 0.15) is 36.5 Å². The second kappa shape index (κ2) is 8.99. The van der Waals surface area contributed by atoms with Crippen LogP contribution in [0.4, 0.5) is 5.69 Å². The number of nitro benzene ring substituents is 1. The minimum atomic E-state index is -0.513. The molecule has 0 fully saturated rings. The van der Waals surface area contributed by atoms with Gasteiger partial charge in [0.2, 0.25) is 0 Å². The Balaban J connectivity index is 1.80. The van der Waals surface area contributed by atoms with E-state index in [9.17, 15) is 14.9 Å². The van der Waals surface area contributed by atoms with Gasteiger partial charge in [-0.05, 0) is 42.0 Å². The Morgan fingerprint density at radius 2 is 1.88 bits per heavy atom. The summed E-state index contributed by atoms with van der Waals surface area (Å²) in [7, 11) is 0. The lowest BCUT2D eigenvalue weighted by atomic mass is 10.0. The number of benzene rings is 2. The summed E-state index contributed by atoms with van der Waals surface area (Å²) in [5.41, 5.74) is 3.05. The van der Waals surface area contributed by atoms with Crippen LogP contribution in [-0.2, 0) is 11.2 Å². The minimum Gasteiger partial charge on any atom is -0.477 e. The molecule has 0 aliphatic carbocycles. The van der Waals surface area contributed by atoms with E-state index in [0.717, 1.165) is 17.5 Å². The molecule has 138 valence electrons. The molecule has 26 heavy (non-hydrogen) atoms. The molecule has 0 heterocycles. The van der Waals surface area contributed by atoms with Crippen molar-refractivity contribution in [1.82, 2.24) is 5.32 Å². The summed E-state index contributed by atoms with van der Waals surface area (Å²) in [6, 6.07) is 13.0. The summed E-state index contributed by atoms with van der Waals surface area (Å²) in [5, 5.41) is 13.8. The highest BCUT2D eigenvalue weighted by Gasteiger charge is 2.16. The highest BCUT2D eigenvalue weighted by molar-refractivity contribution is 5.77. The van der Waals surface area contributed by atoms with Crippen LogP contribution in [0.5, 0.6) is 5.75 Å². The number of carbonyl (C=O) groups excluding carboxylic acids is 1. The summed E-state index contributed by atoms with van der Waals surface area (Å²) in [6.45, 7) is 6.29. The summed E-state index contributed by atoms with van der Waals surface area (Å²) in [5.74, 6) is 0.283. The van der Waals surface area contributed by atoms with Gasteiger partial charge in [0.15, 0.2) is 12.4 Å². The van der Waals surface area contributed by atoms with Gasteiger partial charge in [-0.15, -0.1) is 0 Å². The maximum Gasteiger partial charge on any atom is 0.311 e. The van der Waals surface area contributed by atoms with Crippen molar-refractivity contribution in [2.45, 2.75) is 33.1 Å². The molecule has 6 heteroatoms. The third-order valence-corrected chi connectivity index (χ3v) is 4.05. The van der Waals surface area contributed by atoms with Crippen LogP contribution in [0.25, 0.3) is 0 Å². The smallest absolute Gasteiger partial charge is 0.311 e. The number of nitrogens with zero attached hydrogens (tertiary/aromatic N) is 1. The Morgan fingerprint density at radius 3 is 2.50 bits per heavy atom. The number of amides is 1. The Bertz CT molecular complexity index is 770. The lowest BCUT2D eigenvalue weighted by molar-refractivity contribution is -0.385. The molecular weight excluding hydrogens is 332 g/mol. The second-order valence-corrected chi connectivity index (χ2v) is 6.51. The molecule has 0 saturated carbocycles. The number of nitrogens with one attached hydrogen (secondary N) is 1. The van der Waals surface area contributed by atoms with Gasteiger partial charge in [-0.3, -0.25) is 14.9 Å². The first-order valence-corrected chi connectivity index (χ1v) is 8.60. The molecule has 0 atom stereocenters. The highest BCUT2D eigenvalue weighted by atomic mass is 16.6. The number of hydrogen-bond donors (Lipinski definition) is 1. The van der Waals surface area contributed by atoms with Crippen LogP contribution < -0.4 is 10.1 Å². The van der Waals surface area contributed by atoms with Crippen molar-refractivity contribution in [1.29, 1.82) is 0 Å². The van der Waals surface area contributed by atoms with E-state index in [1.54, 1.807) is 13.0 Å². The van der Waals surface area contributed by atoms with Gasteiger partial charge in [0.25, 0.3) is 5.91 Å². The van der Waals surface area contributed by atoms with E-state index >= 15 is 0 Å². The zero-order chi connectivity index (χ0) is 19.1. The normalized spacial score (nSPS) is 10.6. The summed E-state index contributed by atoms with van der Waals surface area (Å²) in [4.78, 5) is 22.4. The molecule has 0 unspecified atom stereocenters. The predicted molar refractivity (Wildman–Crippen MR) is 101 cm³/mol. The van der Waals surface area contributed by atoms with Crippen LogP contribution in [0.3, 0.4) is 0 Å². The molecule has 0 saturated heterocycles. The molecule has 1 N–H and O–H groups in total. The van der Waals surface area contributed by atoms with Crippen molar-refractivity contribution in [2.75, 3.05) is 13.2 Å². The molecule has 2 aromatic rings. The Morgan fingerprint density at radius 1 is 1.19 bits per heavy atom. The van der Waals surface area contributed by atoms with Gasteiger partial charge in [0.1, 0.15) is 0 Å². The third-order valence-electron chi connectivity index (χ3n) is 4.05. The zero-order valence-electron chi connectivity index (χ0n) is 15.3. The zero-order valence-corrected chi connectivity index (χ0v) is 15.3. The molecule has 0 aromatic heterocycles. The average molecular weight is 356 g/mol. The molecular formula is C20H24N2O4. The van der Waals surface area contributed by atoms with Gasteiger partial charge in [0, 0.05) is 12.6 Å². The first-order valence-electron chi connectivity index (χ1n) is 8.60. The maximum absolute atomic E-state index is 11.9. The van der Waals surface area contributed by atoms with Crippen LogP contribution in [0.15, 0.2) is 42.5 Å². The van der Waals surface area contributed by atoms with Gasteiger partial charge < -0.3 is 10.1 Å². The topological polar surface area (TPSA) is 81.5 Å². The van der Waals surface area contributed by atoms with Crippen molar-refractivity contribution in [3.05, 3.63) is 69.3 Å². The fraction of sp³-hybridized carbons (Fsp3) is 0.350. The molecule has 0 aliphatic heterocycles. The average Bonchev–Trinajstić information content (AvgIpc) is 2.61. The van der Waals surface area contributed by atoms with Crippen LogP contribution in [-0.4, -0.2) is 24.0 Å². The highest BCUT2D eigenvalue weighted by Crippen LogP contribution is 2.27. The van der Waals surface area contributed by atoms with Crippen molar-refractivity contribution < 1.29 is 14.5 Å². The van der Waals surface area contributed by atoms with E-state index in [4.69, 9.17) is 4.74 Å². The third kappa shape index (κ3) is 5.58. The SMILES string of the molecule is Cc1ccc(OCC(=O)NCCc2ccc(C(C)C)cc2)c([N+](=O)[O-])c1. The standard InChI is InChI=1S/C20H24N2O4/c1-14(2)17-7-5-16(6-8-17)10-11-21-20(23)13-26-19-9-4-15(3)12-18(19)22(24)25/h4-9,12,14H,10-11,13H2,1-3H3,(H,21,23). The van der Waals surface area contributed by atoms with Gasteiger partial charge >= 0.3 is 5.69 Å². The van der Waals surface area contributed by atoms with E-state index in [-0.39, 0.29) is 24.0 Å². The fourth-order valence-corrected chi connectivity index (χ4v) is 2.50. The maximum atomic E-state index is 11.9. The van der Waals surface area contributed by atoms with Gasteiger partial charge in [0.05, 0.1) is 4.92 Å². The number of aryl methyl sites for hydroxylation is 1. The van der Waals surface area contributed by atoms with Gasteiger partial charge in [-0.25, -0.2) is 0 Å². The second-order valence-electron chi connectivity index (χ2n) is 6.51. The summed E-state index contributed by atoms with van der Waals surface area (Å²) in [6.07, 6.45) is 0.717. The summed E-state index contributed by atoms with van der Waals surface area (Å²) >= 11 is 0. The fourth-order valence-electron chi connectivity index (χ4n) is 2.50. The van der Waals surface area contributed by atoms with E-state index in [1.807, 2.05) is 0 Å². The number of carbonyl (C=O) groups is 1. The first-order chi connectivity index (χ1) is 12.4. The van der Waals surface area contributed by atoms with Crippen LogP contribution in [0.2, 0.25) is 0 Å². The molecule has 6 nitrogen and oxygen atoms in total. The van der Waals surface area contributed by atoms with Crippen LogP contribution >= 0.6 is 0 Å². The Hall–Kier alpha value is -2.89. The largest absolute Gasteiger partial charge is 0.477 e. The van der Waals surface area contributed by atoms with Crippen molar-refractivity contribution in [3.8, 4) is 5.75 Å². The molecule has 2 aromatic carbocycles. The quantitative estimate of drug-likeness (QED) is 0.577. The van der Waals surface area contributed by atoms with E-state index in [0.29, 0.717) is 12.5 Å². The first kappa shape index (κ1) is 19.4. The monoisotopic (exact) mass is 356 g/mol. The van der Waals surface area contributed by atoms with Crippen LogP contribution in [0, 0.1) is 17.0 Å². The number of rotatable bonds is 8. The Kier molecular flexibility index (Phi) is 6.72. The summed E-state index contributed by atoms with van der Waals surface area (Å²) < 4.78 is 5.31. The van der Waals surface area contributed by atoms with Crippen molar-refractivity contribution >= 4 is 11.6 Å². The van der Waals surface area contributed by atoms with E-state index < -0.39 is 4.92 Å². The molecule has 1 amide bonds. The number of nitro groups is 1. The minimum absolute atomic E-state index is 0.0972. The molecule has 2 rings (SSSR count). The van der Waals surface area contributed by atoms with Crippen molar-refractivity contribution in [2.24, 2.45) is 0 Å². The predicted octanol–water partition coefficient (Wildman–Crippen LogP) is 3.76. The van der Waals surface area contributed by atoms with E-state index in [2.05, 4.69) is 43.4 Å². The number of hydrogen-bond acceptors (Lipinski definition) is 4. The molecule has 0 bridgehead atoms. The number of ether oxygens (including phenoxy) is 1. The molecule has 0 spiro atoms. The van der Waals surface area contributed by atoms with E-state index in [1.165, 1.54) is 17.7 Å².